The number of ether oxygens (including phenoxy) is 1. The van der Waals surface area contributed by atoms with Gasteiger partial charge >= 0.3 is 0 Å². The van der Waals surface area contributed by atoms with E-state index in [1.165, 1.54) is 0 Å². The van der Waals surface area contributed by atoms with E-state index in [1.807, 2.05) is 53.1 Å². The molecule has 3 aromatic rings. The first-order valence-corrected chi connectivity index (χ1v) is 6.80. The number of hydrogen-bond acceptors (Lipinski definition) is 3. The number of nitrogen functional groups attached to an aromatic ring is 1. The molecule has 0 bridgehead atoms. The van der Waals surface area contributed by atoms with Gasteiger partial charge in [-0.2, -0.15) is 0 Å². The molecule has 0 aliphatic heterocycles. The van der Waals surface area contributed by atoms with E-state index in [4.69, 9.17) is 10.5 Å². The van der Waals surface area contributed by atoms with Crippen molar-refractivity contribution in [2.75, 3.05) is 12.3 Å². The molecule has 0 aliphatic rings. The second-order valence-corrected chi connectivity index (χ2v) is 4.81. The maximum atomic E-state index is 11.8. The van der Waals surface area contributed by atoms with Gasteiger partial charge in [0.05, 0.1) is 12.1 Å². The Morgan fingerprint density at radius 1 is 1.00 bits per heavy atom. The fraction of sp³-hybridized carbons (Fsp3) is 0.118. The van der Waals surface area contributed by atoms with E-state index in [1.54, 1.807) is 12.3 Å². The van der Waals surface area contributed by atoms with Crippen molar-refractivity contribution in [3.63, 3.8) is 0 Å². The highest BCUT2D eigenvalue weighted by molar-refractivity contribution is 5.78. The lowest BCUT2D eigenvalue weighted by Gasteiger charge is -2.11. The summed E-state index contributed by atoms with van der Waals surface area (Å²) in [6.45, 7) is 1.20. The molecule has 0 amide bonds. The van der Waals surface area contributed by atoms with Gasteiger partial charge in [-0.05, 0) is 36.4 Å². The number of anilines is 1. The Morgan fingerprint density at radius 3 is 2.57 bits per heavy atom. The summed E-state index contributed by atoms with van der Waals surface area (Å²) in [4.78, 5) is 11.8. The molecule has 2 N–H and O–H groups in total. The van der Waals surface area contributed by atoms with Crippen molar-refractivity contribution >= 4 is 16.6 Å². The number of para-hydroxylation sites is 1. The standard InChI is InChI=1S/C17H16N2O2/c18-13-5-7-14(8-6-13)21-12-11-19-10-9-17(20)15-3-1-2-4-16(15)19/h1-10H,11-12,18H2. The SMILES string of the molecule is Nc1ccc(OCCn2ccc(=O)c3ccccc32)cc1. The molecule has 106 valence electrons. The minimum atomic E-state index is 0.0429. The van der Waals surface area contributed by atoms with Gasteiger partial charge in [-0.3, -0.25) is 4.79 Å². The Kier molecular flexibility index (Phi) is 3.60. The normalized spacial score (nSPS) is 10.7. The quantitative estimate of drug-likeness (QED) is 0.747. The van der Waals surface area contributed by atoms with Gasteiger partial charge in [0.25, 0.3) is 0 Å². The van der Waals surface area contributed by atoms with E-state index in [2.05, 4.69) is 0 Å². The predicted molar refractivity (Wildman–Crippen MR) is 84.6 cm³/mol. The third-order valence-electron chi connectivity index (χ3n) is 3.37. The Labute approximate surface area is 122 Å². The molecule has 0 saturated heterocycles. The molecule has 1 heterocycles. The number of hydrogen-bond donors (Lipinski definition) is 1. The second-order valence-electron chi connectivity index (χ2n) is 4.81. The minimum absolute atomic E-state index is 0.0429. The van der Waals surface area contributed by atoms with Gasteiger partial charge in [0, 0.05) is 23.3 Å². The van der Waals surface area contributed by atoms with Crippen LogP contribution >= 0.6 is 0 Å². The van der Waals surface area contributed by atoms with Crippen LogP contribution in [0.25, 0.3) is 10.9 Å². The van der Waals surface area contributed by atoms with Crippen LogP contribution in [0.15, 0.2) is 65.6 Å². The monoisotopic (exact) mass is 280 g/mol. The number of nitrogens with zero attached hydrogens (tertiary/aromatic N) is 1. The third kappa shape index (κ3) is 2.89. The summed E-state index contributed by atoms with van der Waals surface area (Å²) in [5, 5.41) is 0.729. The molecule has 2 aromatic carbocycles. The summed E-state index contributed by atoms with van der Waals surface area (Å²) in [7, 11) is 0. The molecule has 3 rings (SSSR count). The van der Waals surface area contributed by atoms with Gasteiger partial charge in [0.15, 0.2) is 5.43 Å². The Hall–Kier alpha value is -2.75. The van der Waals surface area contributed by atoms with Gasteiger partial charge in [0.2, 0.25) is 0 Å². The molecule has 0 fully saturated rings. The van der Waals surface area contributed by atoms with Crippen LogP contribution in [0.1, 0.15) is 0 Å². The van der Waals surface area contributed by atoms with Crippen molar-refractivity contribution in [1.29, 1.82) is 0 Å². The smallest absolute Gasteiger partial charge is 0.189 e. The zero-order chi connectivity index (χ0) is 14.7. The topological polar surface area (TPSA) is 57.2 Å². The molecule has 4 heteroatoms. The van der Waals surface area contributed by atoms with Crippen LogP contribution in [-0.2, 0) is 6.54 Å². The molecule has 0 atom stereocenters. The van der Waals surface area contributed by atoms with Gasteiger partial charge in [-0.1, -0.05) is 12.1 Å². The van der Waals surface area contributed by atoms with Crippen LogP contribution in [0, 0.1) is 0 Å². The fourth-order valence-corrected chi connectivity index (χ4v) is 2.28. The molecule has 21 heavy (non-hydrogen) atoms. The molecule has 0 radical (unpaired) electrons. The summed E-state index contributed by atoms with van der Waals surface area (Å²) in [6.07, 6.45) is 1.80. The lowest BCUT2D eigenvalue weighted by Crippen LogP contribution is -2.12. The highest BCUT2D eigenvalue weighted by Crippen LogP contribution is 2.14. The molecule has 0 spiro atoms. The van der Waals surface area contributed by atoms with Crippen LogP contribution < -0.4 is 15.9 Å². The second kappa shape index (κ2) is 5.71. The summed E-state index contributed by atoms with van der Waals surface area (Å²) >= 11 is 0. The van der Waals surface area contributed by atoms with Crippen molar-refractivity contribution in [1.82, 2.24) is 4.57 Å². The van der Waals surface area contributed by atoms with Gasteiger partial charge < -0.3 is 15.0 Å². The lowest BCUT2D eigenvalue weighted by molar-refractivity contribution is 0.300. The largest absolute Gasteiger partial charge is 0.492 e. The zero-order valence-corrected chi connectivity index (χ0v) is 11.5. The third-order valence-corrected chi connectivity index (χ3v) is 3.37. The molecular weight excluding hydrogens is 264 g/mol. The van der Waals surface area contributed by atoms with Crippen LogP contribution in [0.3, 0.4) is 0 Å². The predicted octanol–water partition coefficient (Wildman–Crippen LogP) is 2.66. The molecular formula is C17H16N2O2. The average Bonchev–Trinajstić information content (AvgIpc) is 2.52. The van der Waals surface area contributed by atoms with Crippen molar-refractivity contribution < 1.29 is 4.74 Å². The van der Waals surface area contributed by atoms with Crippen molar-refractivity contribution in [3.05, 3.63) is 71.0 Å². The maximum Gasteiger partial charge on any atom is 0.189 e. The Bertz CT molecular complexity index is 807. The number of rotatable bonds is 4. The zero-order valence-electron chi connectivity index (χ0n) is 11.5. The molecule has 0 saturated carbocycles. The van der Waals surface area contributed by atoms with E-state index in [9.17, 15) is 4.79 Å². The molecule has 0 unspecified atom stereocenters. The first-order valence-electron chi connectivity index (χ1n) is 6.80. The van der Waals surface area contributed by atoms with Crippen molar-refractivity contribution in [3.8, 4) is 5.75 Å². The summed E-state index contributed by atoms with van der Waals surface area (Å²) < 4.78 is 7.71. The van der Waals surface area contributed by atoms with Gasteiger partial charge in [0.1, 0.15) is 12.4 Å². The van der Waals surface area contributed by atoms with E-state index < -0.39 is 0 Å². The van der Waals surface area contributed by atoms with E-state index in [0.29, 0.717) is 18.8 Å². The summed E-state index contributed by atoms with van der Waals surface area (Å²) in [5.74, 6) is 0.787. The van der Waals surface area contributed by atoms with E-state index in [0.717, 1.165) is 16.7 Å². The van der Waals surface area contributed by atoms with Crippen LogP contribution in [0.2, 0.25) is 0 Å². The van der Waals surface area contributed by atoms with Crippen LogP contribution in [0.4, 0.5) is 5.69 Å². The van der Waals surface area contributed by atoms with E-state index in [-0.39, 0.29) is 5.43 Å². The van der Waals surface area contributed by atoms with Gasteiger partial charge in [-0.25, -0.2) is 0 Å². The molecule has 4 nitrogen and oxygen atoms in total. The summed E-state index contributed by atoms with van der Waals surface area (Å²) in [5.41, 5.74) is 7.31. The lowest BCUT2D eigenvalue weighted by atomic mass is 10.2. The van der Waals surface area contributed by atoms with Gasteiger partial charge in [-0.15, -0.1) is 0 Å². The number of pyridine rings is 1. The number of fused-ring (bicyclic) bond motifs is 1. The Balaban J connectivity index is 1.75. The minimum Gasteiger partial charge on any atom is -0.492 e. The number of aromatic nitrogens is 1. The molecule has 1 aromatic heterocycles. The molecule has 0 aliphatic carbocycles. The highest BCUT2D eigenvalue weighted by atomic mass is 16.5. The van der Waals surface area contributed by atoms with E-state index >= 15 is 0 Å². The maximum absolute atomic E-state index is 11.8. The Morgan fingerprint density at radius 2 is 1.76 bits per heavy atom. The number of nitrogens with two attached hydrogens (primary N) is 1. The van der Waals surface area contributed by atoms with Crippen molar-refractivity contribution in [2.24, 2.45) is 0 Å². The fourth-order valence-electron chi connectivity index (χ4n) is 2.28. The first-order chi connectivity index (χ1) is 10.2. The highest BCUT2D eigenvalue weighted by Gasteiger charge is 2.02. The van der Waals surface area contributed by atoms with Crippen molar-refractivity contribution in [2.45, 2.75) is 6.54 Å². The number of benzene rings is 2. The summed E-state index contributed by atoms with van der Waals surface area (Å²) in [6, 6.07) is 16.5. The van der Waals surface area contributed by atoms with Crippen LogP contribution in [-0.4, -0.2) is 11.2 Å². The van der Waals surface area contributed by atoms with Crippen LogP contribution in [0.5, 0.6) is 5.75 Å². The average molecular weight is 280 g/mol. The first kappa shape index (κ1) is 13.2.